The van der Waals surface area contributed by atoms with Crippen molar-refractivity contribution in [1.82, 2.24) is 0 Å². The van der Waals surface area contributed by atoms with E-state index < -0.39 is 16.5 Å². The van der Waals surface area contributed by atoms with E-state index in [0.29, 0.717) is 13.0 Å². The average Bonchev–Trinajstić information content (AvgIpc) is 2.38. The van der Waals surface area contributed by atoms with Gasteiger partial charge in [0.05, 0.1) is 12.7 Å². The van der Waals surface area contributed by atoms with Gasteiger partial charge in [-0.15, -0.1) is 0 Å². The second-order valence-corrected chi connectivity index (χ2v) is 6.09. The van der Waals surface area contributed by atoms with E-state index in [9.17, 15) is 13.0 Å². The van der Waals surface area contributed by atoms with Crippen molar-refractivity contribution >= 4 is 10.4 Å². The zero-order valence-corrected chi connectivity index (χ0v) is 16.6. The van der Waals surface area contributed by atoms with Gasteiger partial charge >= 0.3 is 29.6 Å². The first-order valence-electron chi connectivity index (χ1n) is 7.71. The molecule has 21 heavy (non-hydrogen) atoms. The molecule has 5 nitrogen and oxygen atoms in total. The van der Waals surface area contributed by atoms with Gasteiger partial charge in [0.2, 0.25) is 10.4 Å². The average molecular weight is 332 g/mol. The topological polar surface area (TPSA) is 75.7 Å². The van der Waals surface area contributed by atoms with Gasteiger partial charge in [0.1, 0.15) is 0 Å². The van der Waals surface area contributed by atoms with Crippen molar-refractivity contribution in [3.05, 3.63) is 0 Å². The number of unbranched alkanes of at least 4 members (excludes halogenated alkanes) is 7. The van der Waals surface area contributed by atoms with E-state index in [4.69, 9.17) is 4.74 Å². The Labute approximate surface area is 152 Å². The van der Waals surface area contributed by atoms with E-state index in [2.05, 4.69) is 11.1 Å². The third-order valence-corrected chi connectivity index (χ3v) is 3.66. The van der Waals surface area contributed by atoms with Gasteiger partial charge in [0, 0.05) is 6.61 Å². The molecule has 7 heteroatoms. The van der Waals surface area contributed by atoms with Crippen molar-refractivity contribution in [3.63, 3.8) is 0 Å². The summed E-state index contributed by atoms with van der Waals surface area (Å²) in [6.45, 7) is 4.72. The molecular formula is C14H29NaO5S. The van der Waals surface area contributed by atoms with E-state index in [1.807, 2.05) is 0 Å². The molecule has 0 aliphatic heterocycles. The largest absolute Gasteiger partial charge is 1.00 e. The van der Waals surface area contributed by atoms with Gasteiger partial charge in [-0.25, -0.2) is 8.42 Å². The van der Waals surface area contributed by atoms with E-state index in [1.54, 1.807) is 6.92 Å². The molecule has 0 N–H and O–H groups in total. The minimum atomic E-state index is -4.63. The summed E-state index contributed by atoms with van der Waals surface area (Å²) in [5.74, 6) is 0. The molecule has 1 unspecified atom stereocenters. The van der Waals surface area contributed by atoms with Gasteiger partial charge in [-0.2, -0.15) is 0 Å². The van der Waals surface area contributed by atoms with Gasteiger partial charge in [-0.3, -0.25) is 4.18 Å². The molecule has 0 rings (SSSR count). The van der Waals surface area contributed by atoms with Crippen molar-refractivity contribution in [2.45, 2.75) is 77.7 Å². The molecule has 0 amide bonds. The summed E-state index contributed by atoms with van der Waals surface area (Å²) in [6, 6.07) is 0. The standard InChI is InChI=1S/C14H30O5S.Na/c1-3-5-6-7-8-9-10-11-12-18-13-14(4-2)19-20(15,16)17;/h14H,3-13H2,1-2H3,(H,15,16,17);/q;+1/p-1. The molecule has 0 saturated carbocycles. The molecule has 122 valence electrons. The van der Waals surface area contributed by atoms with Crippen molar-refractivity contribution in [2.75, 3.05) is 13.2 Å². The molecule has 0 fully saturated rings. The molecule has 0 aromatic carbocycles. The Hall–Kier alpha value is 0.830. The third kappa shape index (κ3) is 18.8. The maximum atomic E-state index is 10.4. The summed E-state index contributed by atoms with van der Waals surface area (Å²) in [6.07, 6.45) is 9.60. The molecule has 0 spiro atoms. The molecule has 0 aliphatic carbocycles. The predicted octanol–water partition coefficient (Wildman–Crippen LogP) is 0.403. The fraction of sp³-hybridized carbons (Fsp3) is 1.00. The Morgan fingerprint density at radius 3 is 1.95 bits per heavy atom. The zero-order chi connectivity index (χ0) is 15.3. The van der Waals surface area contributed by atoms with Crippen molar-refractivity contribution in [1.29, 1.82) is 0 Å². The van der Waals surface area contributed by atoms with Crippen LogP contribution in [0.2, 0.25) is 0 Å². The molecule has 0 heterocycles. The minimum Gasteiger partial charge on any atom is -0.726 e. The smallest absolute Gasteiger partial charge is 0.726 e. The molecule has 0 aliphatic rings. The van der Waals surface area contributed by atoms with Crippen LogP contribution >= 0.6 is 0 Å². The van der Waals surface area contributed by atoms with Crippen molar-refractivity contribution in [2.24, 2.45) is 0 Å². The van der Waals surface area contributed by atoms with Crippen LogP contribution in [0.4, 0.5) is 0 Å². The summed E-state index contributed by atoms with van der Waals surface area (Å²) in [7, 11) is -4.63. The van der Waals surface area contributed by atoms with Crippen LogP contribution in [0.5, 0.6) is 0 Å². The Balaban J connectivity index is 0. The maximum absolute atomic E-state index is 10.4. The molecule has 0 bridgehead atoms. The molecule has 0 aromatic rings. The van der Waals surface area contributed by atoms with Crippen LogP contribution < -0.4 is 29.6 Å². The van der Waals surface area contributed by atoms with Crippen LogP contribution in [0.3, 0.4) is 0 Å². The SMILES string of the molecule is CCCCCCCCCCOCC(CC)OS(=O)(=O)[O-].[Na+]. The summed E-state index contributed by atoms with van der Waals surface area (Å²) in [5, 5.41) is 0. The van der Waals surface area contributed by atoms with Gasteiger partial charge in [0.25, 0.3) is 0 Å². The van der Waals surface area contributed by atoms with Crippen molar-refractivity contribution < 1.29 is 51.4 Å². The van der Waals surface area contributed by atoms with E-state index in [-0.39, 0.29) is 36.2 Å². The second-order valence-electron chi connectivity index (χ2n) is 5.08. The van der Waals surface area contributed by atoms with Crippen LogP contribution in [0, 0.1) is 0 Å². The van der Waals surface area contributed by atoms with E-state index in [1.165, 1.54) is 38.5 Å². The summed E-state index contributed by atoms with van der Waals surface area (Å²) >= 11 is 0. The first-order chi connectivity index (χ1) is 9.49. The molecule has 0 aromatic heterocycles. The Bertz CT molecular complexity index is 308. The summed E-state index contributed by atoms with van der Waals surface area (Å²) in [5.41, 5.74) is 0. The number of hydrogen-bond acceptors (Lipinski definition) is 5. The van der Waals surface area contributed by atoms with Gasteiger partial charge in [0.15, 0.2) is 0 Å². The van der Waals surface area contributed by atoms with Gasteiger partial charge in [-0.05, 0) is 12.8 Å². The number of rotatable bonds is 14. The monoisotopic (exact) mass is 332 g/mol. The summed E-state index contributed by atoms with van der Waals surface area (Å²) < 4.78 is 41.1. The Morgan fingerprint density at radius 2 is 1.48 bits per heavy atom. The first kappa shape index (κ1) is 24.1. The summed E-state index contributed by atoms with van der Waals surface area (Å²) in [4.78, 5) is 0. The minimum absolute atomic E-state index is 0. The number of hydrogen-bond donors (Lipinski definition) is 0. The van der Waals surface area contributed by atoms with Crippen LogP contribution in [0.1, 0.15) is 71.6 Å². The van der Waals surface area contributed by atoms with E-state index in [0.717, 1.165) is 12.8 Å². The second kappa shape index (κ2) is 15.7. The zero-order valence-electron chi connectivity index (χ0n) is 13.8. The quantitative estimate of drug-likeness (QED) is 0.199. The normalized spacial score (nSPS) is 12.9. The van der Waals surface area contributed by atoms with Crippen LogP contribution in [-0.4, -0.2) is 32.3 Å². The molecule has 0 saturated heterocycles. The Kier molecular flexibility index (Phi) is 18.0. The predicted molar refractivity (Wildman–Crippen MR) is 78.3 cm³/mol. The fourth-order valence-electron chi connectivity index (χ4n) is 1.93. The first-order valence-corrected chi connectivity index (χ1v) is 9.04. The van der Waals surface area contributed by atoms with Crippen LogP contribution in [-0.2, 0) is 19.3 Å². The Morgan fingerprint density at radius 1 is 0.952 bits per heavy atom. The van der Waals surface area contributed by atoms with Crippen LogP contribution in [0.25, 0.3) is 0 Å². The molecular weight excluding hydrogens is 303 g/mol. The van der Waals surface area contributed by atoms with Gasteiger partial charge in [-0.1, -0.05) is 58.8 Å². The molecule has 1 atom stereocenters. The fourth-order valence-corrected chi connectivity index (χ4v) is 2.46. The van der Waals surface area contributed by atoms with Crippen molar-refractivity contribution in [3.8, 4) is 0 Å². The maximum Gasteiger partial charge on any atom is 1.00 e. The molecule has 0 radical (unpaired) electrons. The van der Waals surface area contributed by atoms with Crippen LogP contribution in [0.15, 0.2) is 0 Å². The van der Waals surface area contributed by atoms with Gasteiger partial charge < -0.3 is 9.29 Å². The van der Waals surface area contributed by atoms with E-state index >= 15 is 0 Å². The number of ether oxygens (including phenoxy) is 1. The third-order valence-electron chi connectivity index (χ3n) is 3.16.